The number of nitrogens with zero attached hydrogens (tertiary/aromatic N) is 2. The van der Waals surface area contributed by atoms with Gasteiger partial charge < -0.3 is 4.98 Å². The lowest BCUT2D eigenvalue weighted by Crippen LogP contribution is -2.20. The number of ketones is 1. The molecule has 1 aliphatic carbocycles. The Labute approximate surface area is 144 Å². The Bertz CT molecular complexity index is 873. The van der Waals surface area contributed by atoms with Gasteiger partial charge in [0.15, 0.2) is 11.7 Å². The molecule has 2 aromatic heterocycles. The number of Topliss-reactive ketones (excluding diaryl/α,β-unsaturated/α-hetero) is 1. The van der Waals surface area contributed by atoms with E-state index in [9.17, 15) is 14.9 Å². The molecule has 0 saturated carbocycles. The quantitative estimate of drug-likeness (QED) is 0.900. The average molecular weight is 343 g/mol. The van der Waals surface area contributed by atoms with Crippen LogP contribution in [0.25, 0.3) is 10.2 Å². The smallest absolute Gasteiger partial charge is 0.259 e. The standard InChI is InChI=1S/C18H21N3O2S/c1-10(2)7-8-13(22)12(9-19)16-20-17(23)15-11-5-3-4-6-14(11)24-18(15)21-16/h10,12H,3-8H2,1-2H3,(H,20,21,23). The van der Waals surface area contributed by atoms with E-state index >= 15 is 0 Å². The highest BCUT2D eigenvalue weighted by molar-refractivity contribution is 7.18. The van der Waals surface area contributed by atoms with Crippen LogP contribution in [0.5, 0.6) is 0 Å². The third-order valence-corrected chi connectivity index (χ3v) is 5.72. The number of hydrogen-bond acceptors (Lipinski definition) is 5. The Morgan fingerprint density at radius 2 is 2.12 bits per heavy atom. The molecule has 6 heteroatoms. The van der Waals surface area contributed by atoms with Gasteiger partial charge in [-0.25, -0.2) is 4.98 Å². The number of rotatable bonds is 5. The SMILES string of the molecule is CC(C)CCC(=O)C(C#N)c1nc2sc3c(c2c(=O)[nH]1)CCCC3. The fourth-order valence-corrected chi connectivity index (χ4v) is 4.45. The Kier molecular flexibility index (Phi) is 4.81. The predicted molar refractivity (Wildman–Crippen MR) is 94.3 cm³/mol. The maximum absolute atomic E-state index is 12.5. The summed E-state index contributed by atoms with van der Waals surface area (Å²) < 4.78 is 0. The van der Waals surface area contributed by atoms with Crippen LogP contribution in [0.4, 0.5) is 0 Å². The van der Waals surface area contributed by atoms with Crippen molar-refractivity contribution in [2.24, 2.45) is 5.92 Å². The van der Waals surface area contributed by atoms with Crippen LogP contribution in [0.15, 0.2) is 4.79 Å². The van der Waals surface area contributed by atoms with E-state index in [0.29, 0.717) is 22.6 Å². The molecule has 126 valence electrons. The summed E-state index contributed by atoms with van der Waals surface area (Å²) in [5.41, 5.74) is 0.896. The highest BCUT2D eigenvalue weighted by Crippen LogP contribution is 2.34. The minimum Gasteiger partial charge on any atom is -0.308 e. The molecule has 2 heterocycles. The molecule has 0 saturated heterocycles. The zero-order valence-electron chi connectivity index (χ0n) is 14.0. The maximum Gasteiger partial charge on any atom is 0.259 e. The second-order valence-electron chi connectivity index (χ2n) is 6.80. The van der Waals surface area contributed by atoms with Crippen LogP contribution in [0.1, 0.15) is 61.7 Å². The van der Waals surface area contributed by atoms with E-state index in [2.05, 4.69) is 9.97 Å². The third kappa shape index (κ3) is 3.13. The molecular formula is C18H21N3O2S. The minimum absolute atomic E-state index is 0.171. The summed E-state index contributed by atoms with van der Waals surface area (Å²) in [4.78, 5) is 33.9. The van der Waals surface area contributed by atoms with Crippen LogP contribution >= 0.6 is 11.3 Å². The summed E-state index contributed by atoms with van der Waals surface area (Å²) in [6.45, 7) is 4.08. The van der Waals surface area contributed by atoms with E-state index in [4.69, 9.17) is 0 Å². The van der Waals surface area contributed by atoms with E-state index in [-0.39, 0.29) is 17.2 Å². The lowest BCUT2D eigenvalue weighted by Gasteiger charge is -2.10. The summed E-state index contributed by atoms with van der Waals surface area (Å²) in [5, 5.41) is 10.1. The molecule has 5 nitrogen and oxygen atoms in total. The lowest BCUT2D eigenvalue weighted by molar-refractivity contribution is -0.119. The molecule has 2 aromatic rings. The van der Waals surface area contributed by atoms with Crippen LogP contribution in [-0.4, -0.2) is 15.8 Å². The van der Waals surface area contributed by atoms with E-state index < -0.39 is 5.92 Å². The van der Waals surface area contributed by atoms with Gasteiger partial charge in [-0.1, -0.05) is 13.8 Å². The second-order valence-corrected chi connectivity index (χ2v) is 7.89. The highest BCUT2D eigenvalue weighted by Gasteiger charge is 2.26. The average Bonchev–Trinajstić information content (AvgIpc) is 2.92. The fourth-order valence-electron chi connectivity index (χ4n) is 3.18. The summed E-state index contributed by atoms with van der Waals surface area (Å²) in [6, 6.07) is 2.02. The van der Waals surface area contributed by atoms with Crippen LogP contribution in [0.3, 0.4) is 0 Å². The number of aryl methyl sites for hydroxylation is 2. The number of fused-ring (bicyclic) bond motifs is 3. The van der Waals surface area contributed by atoms with Crippen LogP contribution < -0.4 is 5.56 Å². The van der Waals surface area contributed by atoms with Crippen molar-refractivity contribution in [1.29, 1.82) is 5.26 Å². The molecule has 1 atom stereocenters. The number of carbonyl (C=O) groups excluding carboxylic acids is 1. The monoisotopic (exact) mass is 343 g/mol. The van der Waals surface area contributed by atoms with Crippen molar-refractivity contribution < 1.29 is 4.79 Å². The van der Waals surface area contributed by atoms with Gasteiger partial charge in [-0.05, 0) is 43.6 Å². The van der Waals surface area contributed by atoms with Gasteiger partial charge in [-0.3, -0.25) is 9.59 Å². The van der Waals surface area contributed by atoms with Crippen molar-refractivity contribution in [3.63, 3.8) is 0 Å². The van der Waals surface area contributed by atoms with E-state index in [0.717, 1.165) is 37.7 Å². The number of aromatic nitrogens is 2. The number of carbonyl (C=O) groups is 1. The second kappa shape index (κ2) is 6.86. The topological polar surface area (TPSA) is 86.6 Å². The molecule has 0 fully saturated rings. The van der Waals surface area contributed by atoms with Gasteiger partial charge in [0, 0.05) is 11.3 Å². The predicted octanol–water partition coefficient (Wildman–Crippen LogP) is 3.48. The van der Waals surface area contributed by atoms with Gasteiger partial charge in [0.25, 0.3) is 5.56 Å². The number of hydrogen-bond donors (Lipinski definition) is 1. The first-order valence-electron chi connectivity index (χ1n) is 8.48. The molecule has 1 unspecified atom stereocenters. The molecule has 1 N–H and O–H groups in total. The molecule has 0 spiro atoms. The third-order valence-electron chi connectivity index (χ3n) is 4.54. The fraction of sp³-hybridized carbons (Fsp3) is 0.556. The summed E-state index contributed by atoms with van der Waals surface area (Å²) in [7, 11) is 0. The maximum atomic E-state index is 12.5. The van der Waals surface area contributed by atoms with Crippen LogP contribution in [-0.2, 0) is 17.6 Å². The van der Waals surface area contributed by atoms with Gasteiger partial charge >= 0.3 is 0 Å². The number of thiophene rings is 1. The first-order valence-corrected chi connectivity index (χ1v) is 9.29. The van der Waals surface area contributed by atoms with Crippen molar-refractivity contribution in [1.82, 2.24) is 9.97 Å². The van der Waals surface area contributed by atoms with E-state index in [1.807, 2.05) is 19.9 Å². The normalized spacial score (nSPS) is 15.2. The van der Waals surface area contributed by atoms with Crippen molar-refractivity contribution in [2.45, 2.75) is 58.3 Å². The number of H-pyrrole nitrogens is 1. The van der Waals surface area contributed by atoms with Crippen molar-refractivity contribution >= 4 is 27.3 Å². The number of nitriles is 1. The zero-order valence-corrected chi connectivity index (χ0v) is 14.8. The van der Waals surface area contributed by atoms with Gasteiger partial charge in [0.05, 0.1) is 11.5 Å². The number of nitrogens with one attached hydrogen (secondary N) is 1. The minimum atomic E-state index is -0.986. The molecule has 0 aromatic carbocycles. The molecule has 0 radical (unpaired) electrons. The Morgan fingerprint density at radius 1 is 1.38 bits per heavy atom. The Morgan fingerprint density at radius 3 is 2.83 bits per heavy atom. The first kappa shape index (κ1) is 16.8. The summed E-state index contributed by atoms with van der Waals surface area (Å²) in [6.07, 6.45) is 5.19. The van der Waals surface area contributed by atoms with Gasteiger partial charge in [-0.15, -0.1) is 11.3 Å². The Balaban J connectivity index is 1.99. The van der Waals surface area contributed by atoms with Crippen LogP contribution in [0, 0.1) is 17.2 Å². The molecular weight excluding hydrogens is 322 g/mol. The van der Waals surface area contributed by atoms with Gasteiger partial charge in [0.2, 0.25) is 0 Å². The molecule has 1 aliphatic rings. The van der Waals surface area contributed by atoms with Gasteiger partial charge in [0.1, 0.15) is 10.7 Å². The summed E-state index contributed by atoms with van der Waals surface area (Å²) in [5.74, 6) is -0.566. The van der Waals surface area contributed by atoms with Crippen molar-refractivity contribution in [3.05, 3.63) is 26.6 Å². The molecule has 0 amide bonds. The largest absolute Gasteiger partial charge is 0.308 e. The van der Waals surface area contributed by atoms with Crippen LogP contribution in [0.2, 0.25) is 0 Å². The summed E-state index contributed by atoms with van der Waals surface area (Å²) >= 11 is 1.53. The Hall–Kier alpha value is -2.00. The molecule has 24 heavy (non-hydrogen) atoms. The van der Waals surface area contributed by atoms with E-state index in [1.165, 1.54) is 16.2 Å². The van der Waals surface area contributed by atoms with E-state index in [1.54, 1.807) is 0 Å². The van der Waals surface area contributed by atoms with Gasteiger partial charge in [-0.2, -0.15) is 5.26 Å². The molecule has 0 aliphatic heterocycles. The van der Waals surface area contributed by atoms with Crippen molar-refractivity contribution in [2.75, 3.05) is 0 Å². The molecule has 0 bridgehead atoms. The highest BCUT2D eigenvalue weighted by atomic mass is 32.1. The zero-order chi connectivity index (χ0) is 17.3. The number of aromatic amines is 1. The first-order chi connectivity index (χ1) is 11.5. The lowest BCUT2D eigenvalue weighted by atomic mass is 9.96. The van der Waals surface area contributed by atoms with Crippen molar-refractivity contribution in [3.8, 4) is 6.07 Å². The molecule has 3 rings (SSSR count).